The van der Waals surface area contributed by atoms with E-state index in [9.17, 15) is 0 Å². The lowest BCUT2D eigenvalue weighted by atomic mass is 9.93. The maximum atomic E-state index is 6.06. The molecule has 1 nitrogen and oxygen atoms in total. The summed E-state index contributed by atoms with van der Waals surface area (Å²) in [4.78, 5) is 0. The predicted molar refractivity (Wildman–Crippen MR) is 84.9 cm³/mol. The average Bonchev–Trinajstić information content (AvgIpc) is 3.00. The average molecular weight is 279 g/mol. The van der Waals surface area contributed by atoms with Crippen LogP contribution in [0.15, 0.2) is 0 Å². The van der Waals surface area contributed by atoms with E-state index in [4.69, 9.17) is 4.74 Å². The summed E-state index contributed by atoms with van der Waals surface area (Å²) >= 11 is 0. The fourth-order valence-corrected chi connectivity index (χ4v) is 3.56. The second-order valence-corrected chi connectivity index (χ2v) is 12.1. The summed E-state index contributed by atoms with van der Waals surface area (Å²) in [5.74, 6) is 3.55. The largest absolute Gasteiger partial charge is 0.352 e. The molecule has 2 unspecified atom stereocenters. The molecule has 1 heterocycles. The highest BCUT2D eigenvalue weighted by molar-refractivity contribution is 6.83. The van der Waals surface area contributed by atoms with E-state index in [1.165, 1.54) is 64.2 Å². The molecule has 19 heavy (non-hydrogen) atoms. The molecule has 0 aromatic heterocycles. The van der Waals surface area contributed by atoms with Crippen LogP contribution < -0.4 is 0 Å². The Morgan fingerprint density at radius 1 is 0.895 bits per heavy atom. The van der Waals surface area contributed by atoms with E-state index in [1.54, 1.807) is 0 Å². The molecular formula is C17H30OSi. The Kier molecular flexibility index (Phi) is 5.14. The molecule has 2 atom stereocenters. The summed E-state index contributed by atoms with van der Waals surface area (Å²) < 4.78 is 6.06. The van der Waals surface area contributed by atoms with Crippen molar-refractivity contribution in [3.05, 3.63) is 0 Å². The zero-order valence-electron chi connectivity index (χ0n) is 13.1. The van der Waals surface area contributed by atoms with E-state index in [1.807, 2.05) is 0 Å². The van der Waals surface area contributed by atoms with E-state index < -0.39 is 8.07 Å². The lowest BCUT2D eigenvalue weighted by Crippen LogP contribution is -2.20. The zero-order valence-corrected chi connectivity index (χ0v) is 14.1. The highest BCUT2D eigenvalue weighted by atomic mass is 28.3. The normalized spacial score (nSPS) is 33.1. The van der Waals surface area contributed by atoms with E-state index in [0.29, 0.717) is 6.10 Å². The predicted octanol–water partition coefficient (Wildman–Crippen LogP) is 4.92. The van der Waals surface area contributed by atoms with Crippen LogP contribution in [0.4, 0.5) is 0 Å². The van der Waals surface area contributed by atoms with Crippen LogP contribution in [0.25, 0.3) is 0 Å². The summed E-state index contributed by atoms with van der Waals surface area (Å²) in [6.45, 7) is 6.97. The van der Waals surface area contributed by atoms with Gasteiger partial charge in [-0.05, 0) is 19.3 Å². The van der Waals surface area contributed by atoms with Gasteiger partial charge in [-0.15, -0.1) is 5.54 Å². The highest BCUT2D eigenvalue weighted by Crippen LogP contribution is 2.44. The first kappa shape index (κ1) is 15.1. The van der Waals surface area contributed by atoms with Gasteiger partial charge in [0.15, 0.2) is 5.60 Å². The second kappa shape index (κ2) is 6.46. The molecule has 1 saturated heterocycles. The van der Waals surface area contributed by atoms with E-state index in [-0.39, 0.29) is 5.60 Å². The third-order valence-corrected chi connectivity index (χ3v) is 5.10. The molecule has 2 rings (SSSR count). The van der Waals surface area contributed by atoms with Crippen molar-refractivity contribution in [2.45, 2.75) is 95.6 Å². The standard InChI is InChI=1S/C17H30OSi/c1-19(2,3)15-14-17-13-11-9-7-5-4-6-8-10-12-16(17)18-17/h16H,4-13H2,1-3H3. The van der Waals surface area contributed by atoms with Gasteiger partial charge in [-0.25, -0.2) is 0 Å². The molecule has 1 aliphatic carbocycles. The van der Waals surface area contributed by atoms with Crippen molar-refractivity contribution < 1.29 is 4.74 Å². The fraction of sp³-hybridized carbons (Fsp3) is 0.882. The third-order valence-electron chi connectivity index (χ3n) is 4.23. The van der Waals surface area contributed by atoms with E-state index in [2.05, 4.69) is 31.1 Å². The molecule has 0 aromatic carbocycles. The Labute approximate surface area is 120 Å². The van der Waals surface area contributed by atoms with Crippen LogP contribution >= 0.6 is 0 Å². The van der Waals surface area contributed by atoms with Crippen molar-refractivity contribution in [1.82, 2.24) is 0 Å². The van der Waals surface area contributed by atoms with Crippen LogP contribution in [-0.4, -0.2) is 19.8 Å². The van der Waals surface area contributed by atoms with Gasteiger partial charge in [0, 0.05) is 0 Å². The van der Waals surface area contributed by atoms with Crippen LogP contribution in [0.5, 0.6) is 0 Å². The maximum Gasteiger partial charge on any atom is 0.154 e. The van der Waals surface area contributed by atoms with Crippen LogP contribution in [-0.2, 0) is 4.74 Å². The van der Waals surface area contributed by atoms with Gasteiger partial charge in [0.1, 0.15) is 8.07 Å². The number of hydrogen-bond donors (Lipinski definition) is 0. The molecule has 2 aliphatic rings. The molecule has 0 amide bonds. The first-order chi connectivity index (χ1) is 9.02. The topological polar surface area (TPSA) is 12.5 Å². The molecule has 2 heteroatoms. The van der Waals surface area contributed by atoms with Gasteiger partial charge in [-0.1, -0.05) is 70.5 Å². The van der Waals surface area contributed by atoms with Gasteiger partial charge < -0.3 is 4.74 Å². The smallest absolute Gasteiger partial charge is 0.154 e. The first-order valence-electron chi connectivity index (χ1n) is 8.24. The molecule has 2 fully saturated rings. The molecule has 0 N–H and O–H groups in total. The quantitative estimate of drug-likeness (QED) is 0.348. The fourth-order valence-electron chi connectivity index (χ4n) is 2.98. The van der Waals surface area contributed by atoms with Gasteiger partial charge in [0.25, 0.3) is 0 Å². The summed E-state index contributed by atoms with van der Waals surface area (Å²) in [7, 11) is -1.27. The molecule has 0 spiro atoms. The van der Waals surface area contributed by atoms with Crippen LogP contribution in [0.2, 0.25) is 19.6 Å². The number of ether oxygens (including phenoxy) is 1. The van der Waals surface area contributed by atoms with Crippen LogP contribution in [0, 0.1) is 11.5 Å². The SMILES string of the molecule is C[Si](C)(C)C#CC12CCCCCCCCCCC1O2. The summed E-state index contributed by atoms with van der Waals surface area (Å²) in [5, 5.41) is 0. The number of fused-ring (bicyclic) bond motifs is 1. The molecule has 1 saturated carbocycles. The molecule has 108 valence electrons. The monoisotopic (exact) mass is 278 g/mol. The summed E-state index contributed by atoms with van der Waals surface area (Å²) in [5.41, 5.74) is 3.52. The zero-order chi connectivity index (χ0) is 13.8. The van der Waals surface area contributed by atoms with Gasteiger partial charge in [0.2, 0.25) is 0 Å². The third kappa shape index (κ3) is 4.97. The van der Waals surface area contributed by atoms with Gasteiger partial charge in [-0.3, -0.25) is 0 Å². The molecule has 0 bridgehead atoms. The minimum Gasteiger partial charge on any atom is -0.352 e. The number of epoxide rings is 1. The van der Waals surface area contributed by atoms with Gasteiger partial charge in [-0.2, -0.15) is 0 Å². The lowest BCUT2D eigenvalue weighted by molar-refractivity contribution is 0.315. The van der Waals surface area contributed by atoms with Crippen molar-refractivity contribution in [1.29, 1.82) is 0 Å². The first-order valence-corrected chi connectivity index (χ1v) is 11.7. The number of hydrogen-bond acceptors (Lipinski definition) is 1. The Hall–Kier alpha value is -0.263. The Bertz CT molecular complexity index is 346. The van der Waals surface area contributed by atoms with E-state index >= 15 is 0 Å². The molecule has 1 aliphatic heterocycles. The summed E-state index contributed by atoms with van der Waals surface area (Å²) in [6, 6.07) is 0. The van der Waals surface area contributed by atoms with Gasteiger partial charge in [0.05, 0.1) is 6.10 Å². The van der Waals surface area contributed by atoms with Crippen LogP contribution in [0.3, 0.4) is 0 Å². The molecular weight excluding hydrogens is 248 g/mol. The van der Waals surface area contributed by atoms with E-state index in [0.717, 1.165) is 0 Å². The van der Waals surface area contributed by atoms with Crippen molar-refractivity contribution in [3.63, 3.8) is 0 Å². The maximum absolute atomic E-state index is 6.06. The second-order valence-electron chi connectivity index (χ2n) is 7.36. The van der Waals surface area contributed by atoms with Crippen molar-refractivity contribution in [3.8, 4) is 11.5 Å². The van der Waals surface area contributed by atoms with Crippen molar-refractivity contribution in [2.24, 2.45) is 0 Å². The Morgan fingerprint density at radius 2 is 1.47 bits per heavy atom. The highest BCUT2D eigenvalue weighted by Gasteiger charge is 2.54. The Balaban J connectivity index is 1.95. The van der Waals surface area contributed by atoms with Crippen molar-refractivity contribution >= 4 is 8.07 Å². The summed E-state index contributed by atoms with van der Waals surface area (Å²) in [6.07, 6.45) is 13.9. The van der Waals surface area contributed by atoms with Gasteiger partial charge >= 0.3 is 0 Å². The minimum atomic E-state index is -1.27. The molecule has 0 aromatic rings. The Morgan fingerprint density at radius 3 is 2.11 bits per heavy atom. The molecule has 0 radical (unpaired) electrons. The lowest BCUT2D eigenvalue weighted by Gasteiger charge is -2.10. The number of rotatable bonds is 0. The minimum absolute atomic E-state index is 0.0283. The van der Waals surface area contributed by atoms with Crippen molar-refractivity contribution in [2.75, 3.05) is 0 Å². The van der Waals surface area contributed by atoms with Crippen LogP contribution in [0.1, 0.15) is 64.2 Å².